The van der Waals surface area contributed by atoms with E-state index in [1.165, 1.54) is 24.3 Å². The molecule has 0 aromatic heterocycles. The molecular weight excluding hydrogens is 345 g/mol. The first-order valence-electron chi connectivity index (χ1n) is 9.42. The van der Waals surface area contributed by atoms with Crippen LogP contribution in [0.25, 0.3) is 0 Å². The van der Waals surface area contributed by atoms with Crippen molar-refractivity contribution in [3.8, 4) is 5.75 Å². The molecule has 0 bridgehead atoms. The normalized spacial score (nSPS) is 27.6. The maximum atomic E-state index is 13.1. The lowest BCUT2D eigenvalue weighted by Crippen LogP contribution is -2.34. The van der Waals surface area contributed by atoms with E-state index in [0.29, 0.717) is 30.4 Å². The zero-order valence-electron chi connectivity index (χ0n) is 15.1. The van der Waals surface area contributed by atoms with E-state index in [0.717, 1.165) is 31.5 Å². The average molecular weight is 369 g/mol. The molecule has 0 amide bonds. The first-order valence-corrected chi connectivity index (χ1v) is 9.42. The molecule has 4 rings (SSSR count). The highest BCUT2D eigenvalue weighted by atomic mass is 19.1. The number of ketones is 1. The number of hydrogen-bond donors (Lipinski definition) is 2. The van der Waals surface area contributed by atoms with Crippen molar-refractivity contribution in [3.05, 3.63) is 65.5 Å². The van der Waals surface area contributed by atoms with Gasteiger partial charge in [0.2, 0.25) is 0 Å². The molecule has 0 spiro atoms. The number of aromatic hydroxyl groups is 1. The summed E-state index contributed by atoms with van der Waals surface area (Å²) in [5.41, 5.74) is 0.830. The van der Waals surface area contributed by atoms with Gasteiger partial charge in [0.25, 0.3) is 0 Å². The fourth-order valence-electron chi connectivity index (χ4n) is 4.76. The van der Waals surface area contributed by atoms with E-state index in [1.807, 2.05) is 0 Å². The predicted molar refractivity (Wildman–Crippen MR) is 100 cm³/mol. The van der Waals surface area contributed by atoms with Crippen molar-refractivity contribution in [3.63, 3.8) is 0 Å². The van der Waals surface area contributed by atoms with Crippen LogP contribution in [0.1, 0.15) is 28.8 Å². The van der Waals surface area contributed by atoms with Crippen molar-refractivity contribution in [2.24, 2.45) is 11.8 Å². The molecule has 2 N–H and O–H groups in total. The van der Waals surface area contributed by atoms with Crippen molar-refractivity contribution in [1.82, 2.24) is 4.90 Å². The fourth-order valence-corrected chi connectivity index (χ4v) is 4.76. The molecule has 27 heavy (non-hydrogen) atoms. The van der Waals surface area contributed by atoms with Gasteiger partial charge in [-0.05, 0) is 66.6 Å². The van der Waals surface area contributed by atoms with Crippen LogP contribution in [0.4, 0.5) is 4.39 Å². The number of carbonyl (C=O) groups excluding carboxylic acids is 1. The van der Waals surface area contributed by atoms with Gasteiger partial charge < -0.3 is 10.2 Å². The monoisotopic (exact) mass is 369 g/mol. The molecule has 1 aliphatic heterocycles. The standard InChI is InChI=1S/C22H24FNO3/c23-19-5-1-15(2-6-19)9-22(27)10-17-12-24(13-18(17)11-22)14-21(26)16-3-7-20(25)8-4-16/h1-8,17-18,25,27H,9-14H2. The molecule has 142 valence electrons. The van der Waals surface area contributed by atoms with Crippen LogP contribution in [0.5, 0.6) is 5.75 Å². The Kier molecular flexibility index (Phi) is 4.74. The van der Waals surface area contributed by atoms with E-state index >= 15 is 0 Å². The minimum absolute atomic E-state index is 0.0524. The van der Waals surface area contributed by atoms with E-state index in [-0.39, 0.29) is 17.3 Å². The molecule has 1 heterocycles. The molecule has 1 saturated heterocycles. The van der Waals surface area contributed by atoms with Gasteiger partial charge in [0.05, 0.1) is 12.1 Å². The molecule has 2 aromatic carbocycles. The molecule has 1 aliphatic carbocycles. The summed E-state index contributed by atoms with van der Waals surface area (Å²) in [7, 11) is 0. The maximum Gasteiger partial charge on any atom is 0.176 e. The van der Waals surface area contributed by atoms with Crippen molar-refractivity contribution in [2.45, 2.75) is 24.9 Å². The van der Waals surface area contributed by atoms with Gasteiger partial charge in [0.1, 0.15) is 11.6 Å². The van der Waals surface area contributed by atoms with Crippen molar-refractivity contribution < 1.29 is 19.4 Å². The number of fused-ring (bicyclic) bond motifs is 1. The van der Waals surface area contributed by atoms with Gasteiger partial charge >= 0.3 is 0 Å². The Hall–Kier alpha value is -2.24. The highest BCUT2D eigenvalue weighted by Gasteiger charge is 2.48. The Morgan fingerprint density at radius 3 is 2.22 bits per heavy atom. The Labute approximate surface area is 158 Å². The number of halogens is 1. The molecule has 5 heteroatoms. The van der Waals surface area contributed by atoms with Crippen LogP contribution in [-0.2, 0) is 6.42 Å². The Morgan fingerprint density at radius 1 is 1.04 bits per heavy atom. The summed E-state index contributed by atoms with van der Waals surface area (Å²) in [6.07, 6.45) is 1.99. The SMILES string of the molecule is O=C(CN1CC2CC(O)(Cc3ccc(F)cc3)CC2C1)c1ccc(O)cc1. The van der Waals surface area contributed by atoms with Crippen molar-refractivity contribution in [2.75, 3.05) is 19.6 Å². The van der Waals surface area contributed by atoms with Crippen LogP contribution < -0.4 is 0 Å². The van der Waals surface area contributed by atoms with Crippen molar-refractivity contribution in [1.29, 1.82) is 0 Å². The largest absolute Gasteiger partial charge is 0.508 e. The molecule has 2 fully saturated rings. The molecule has 0 radical (unpaired) electrons. The zero-order valence-corrected chi connectivity index (χ0v) is 15.1. The van der Waals surface area contributed by atoms with E-state index in [1.54, 1.807) is 24.3 Å². The van der Waals surface area contributed by atoms with Gasteiger partial charge in [-0.1, -0.05) is 12.1 Å². The first kappa shape index (κ1) is 18.1. The number of carbonyl (C=O) groups is 1. The van der Waals surface area contributed by atoms with E-state index in [4.69, 9.17) is 0 Å². The summed E-state index contributed by atoms with van der Waals surface area (Å²) in [5.74, 6) is 0.730. The lowest BCUT2D eigenvalue weighted by atomic mass is 9.91. The molecule has 2 unspecified atom stereocenters. The molecule has 2 atom stereocenters. The molecular formula is C22H24FNO3. The number of phenolic OH excluding ortho intramolecular Hbond substituents is 1. The average Bonchev–Trinajstić information content (AvgIpc) is 3.11. The summed E-state index contributed by atoms with van der Waals surface area (Å²) < 4.78 is 13.1. The third-order valence-corrected chi connectivity index (χ3v) is 5.94. The van der Waals surface area contributed by atoms with E-state index < -0.39 is 5.60 Å². The number of rotatable bonds is 5. The summed E-state index contributed by atoms with van der Waals surface area (Å²) in [5, 5.41) is 20.3. The van der Waals surface area contributed by atoms with Crippen molar-refractivity contribution >= 4 is 5.78 Å². The number of hydrogen-bond acceptors (Lipinski definition) is 4. The number of aliphatic hydroxyl groups is 1. The summed E-state index contributed by atoms with van der Waals surface area (Å²) in [6.45, 7) is 2.01. The third-order valence-electron chi connectivity index (χ3n) is 5.94. The highest BCUT2D eigenvalue weighted by molar-refractivity contribution is 5.97. The molecule has 2 aromatic rings. The van der Waals surface area contributed by atoms with Crippen LogP contribution >= 0.6 is 0 Å². The molecule has 2 aliphatic rings. The van der Waals surface area contributed by atoms with Crippen LogP contribution in [0.2, 0.25) is 0 Å². The van der Waals surface area contributed by atoms with Gasteiger partial charge in [-0.3, -0.25) is 9.69 Å². The number of Topliss-reactive ketones (excluding diaryl/α,β-unsaturated/α-hetero) is 1. The van der Waals surface area contributed by atoms with Gasteiger partial charge in [0.15, 0.2) is 5.78 Å². The quantitative estimate of drug-likeness (QED) is 0.796. The number of benzene rings is 2. The number of likely N-dealkylation sites (tertiary alicyclic amines) is 1. The zero-order chi connectivity index (χ0) is 19.0. The number of nitrogens with zero attached hydrogens (tertiary/aromatic N) is 1. The van der Waals surface area contributed by atoms with Gasteiger partial charge in [-0.25, -0.2) is 4.39 Å². The lowest BCUT2D eigenvalue weighted by molar-refractivity contribution is 0.0355. The second kappa shape index (κ2) is 7.06. The Bertz CT molecular complexity index is 804. The van der Waals surface area contributed by atoms with Crippen LogP contribution in [-0.4, -0.2) is 46.1 Å². The topological polar surface area (TPSA) is 60.8 Å². The van der Waals surface area contributed by atoms with E-state index in [2.05, 4.69) is 4.90 Å². The minimum atomic E-state index is -0.736. The van der Waals surface area contributed by atoms with Crippen LogP contribution in [0.3, 0.4) is 0 Å². The van der Waals surface area contributed by atoms with E-state index in [9.17, 15) is 19.4 Å². The highest BCUT2D eigenvalue weighted by Crippen LogP contribution is 2.45. The second-order valence-electron chi connectivity index (χ2n) is 8.12. The maximum absolute atomic E-state index is 13.1. The van der Waals surface area contributed by atoms with Gasteiger partial charge in [-0.15, -0.1) is 0 Å². The fraction of sp³-hybridized carbons (Fsp3) is 0.409. The summed E-state index contributed by atoms with van der Waals surface area (Å²) in [4.78, 5) is 14.6. The third kappa shape index (κ3) is 4.04. The lowest BCUT2D eigenvalue weighted by Gasteiger charge is -2.26. The van der Waals surface area contributed by atoms with Crippen LogP contribution in [0.15, 0.2) is 48.5 Å². The first-order chi connectivity index (χ1) is 12.9. The van der Waals surface area contributed by atoms with Gasteiger partial charge in [0, 0.05) is 25.1 Å². The smallest absolute Gasteiger partial charge is 0.176 e. The number of phenols is 1. The second-order valence-corrected chi connectivity index (χ2v) is 8.12. The summed E-state index contributed by atoms with van der Waals surface area (Å²) >= 11 is 0. The Morgan fingerprint density at radius 2 is 1.63 bits per heavy atom. The molecule has 4 nitrogen and oxygen atoms in total. The minimum Gasteiger partial charge on any atom is -0.508 e. The van der Waals surface area contributed by atoms with Crippen LogP contribution in [0, 0.1) is 17.7 Å². The Balaban J connectivity index is 1.33. The summed E-state index contributed by atoms with van der Waals surface area (Å²) in [6, 6.07) is 12.7. The predicted octanol–water partition coefficient (Wildman–Crippen LogP) is 3.03. The van der Waals surface area contributed by atoms with Gasteiger partial charge in [-0.2, -0.15) is 0 Å². The molecule has 1 saturated carbocycles.